The van der Waals surface area contributed by atoms with Crippen LogP contribution in [-0.2, 0) is 0 Å². The largest absolute Gasteiger partial charge is 0.443 e. The molecule has 0 radical (unpaired) electrons. The highest BCUT2D eigenvalue weighted by atomic mass is 35.5. The van der Waals surface area contributed by atoms with Gasteiger partial charge in [0.15, 0.2) is 12.0 Å². The molecule has 43 heavy (non-hydrogen) atoms. The zero-order chi connectivity index (χ0) is 29.7. The van der Waals surface area contributed by atoms with Crippen molar-refractivity contribution >= 4 is 45.3 Å². The van der Waals surface area contributed by atoms with Crippen LogP contribution in [0.15, 0.2) is 42.6 Å². The van der Waals surface area contributed by atoms with Crippen LogP contribution in [-0.4, -0.2) is 87.1 Å². The molecular weight excluding hydrogens is 572 g/mol. The molecule has 0 N–H and O–H groups in total. The van der Waals surface area contributed by atoms with E-state index >= 15 is 4.39 Å². The van der Waals surface area contributed by atoms with Gasteiger partial charge in [0.25, 0.3) is 0 Å². The van der Waals surface area contributed by atoms with Crippen LogP contribution < -0.4 is 4.74 Å². The van der Waals surface area contributed by atoms with Crippen molar-refractivity contribution in [1.82, 2.24) is 24.8 Å². The first kappa shape index (κ1) is 27.9. The molecule has 0 bridgehead atoms. The van der Waals surface area contributed by atoms with Gasteiger partial charge in [0, 0.05) is 59.1 Å². The van der Waals surface area contributed by atoms with Gasteiger partial charge in [0.2, 0.25) is 0 Å². The molecule has 3 fully saturated rings. The Hall–Kier alpha value is -3.94. The Balaban J connectivity index is 1.34. The summed E-state index contributed by atoms with van der Waals surface area (Å²) in [6.07, 6.45) is 7.95. The van der Waals surface area contributed by atoms with Crippen LogP contribution in [0.2, 0.25) is 5.02 Å². The number of alkyl halides is 1. The number of likely N-dealkylation sites (tertiary alicyclic amines) is 1. The summed E-state index contributed by atoms with van der Waals surface area (Å²) in [6.45, 7) is 2.76. The molecule has 0 spiro atoms. The van der Waals surface area contributed by atoms with Crippen LogP contribution in [0.1, 0.15) is 25.7 Å². The van der Waals surface area contributed by atoms with E-state index in [1.165, 1.54) is 0 Å². The van der Waals surface area contributed by atoms with Crippen molar-refractivity contribution in [2.24, 2.45) is 5.92 Å². The van der Waals surface area contributed by atoms with E-state index in [2.05, 4.69) is 21.1 Å². The molecule has 3 aliphatic rings. The molecule has 3 atom stereocenters. The molecule has 1 unspecified atom stereocenters. The first-order chi connectivity index (χ1) is 20.8. The lowest BCUT2D eigenvalue weighted by molar-refractivity contribution is -0.405. The summed E-state index contributed by atoms with van der Waals surface area (Å²) in [7, 11) is 1.85. The first-order valence-electron chi connectivity index (χ1n) is 14.6. The standard InChI is InChI=1S/C32H31ClF2N7O/c1-40(15-20-9-12-41(16-20)19-36)30-24-14-37-28(23-7-2-5-21-6-3-8-25(33)26(21)23)27(35)29(24)38-31(39-30)43-18-32-10-4-11-42(32)17-22(34)13-32/h2-3,5-8,14-15,20,22H,4,9-13,16-18H2,1H3/q+1/t20?,22-,32+/m1/s1. The van der Waals surface area contributed by atoms with Gasteiger partial charge in [-0.15, -0.1) is 0 Å². The number of rotatable bonds is 6. The Morgan fingerprint density at radius 3 is 2.86 bits per heavy atom. The van der Waals surface area contributed by atoms with E-state index in [1.54, 1.807) is 23.2 Å². The maximum atomic E-state index is 16.6. The maximum Gasteiger partial charge on any atom is 0.434 e. The molecule has 0 aliphatic carbocycles. The number of pyridine rings is 1. The zero-order valence-electron chi connectivity index (χ0n) is 23.8. The fraction of sp³-hybridized carbons (Fsp3) is 0.406. The number of hydrogen-bond donors (Lipinski definition) is 0. The third-order valence-corrected chi connectivity index (χ3v) is 9.43. The second kappa shape index (κ2) is 11.0. The first-order valence-corrected chi connectivity index (χ1v) is 15.0. The molecule has 5 heterocycles. The molecule has 2 aromatic carbocycles. The summed E-state index contributed by atoms with van der Waals surface area (Å²) in [6, 6.07) is 11.2. The zero-order valence-corrected chi connectivity index (χ0v) is 24.6. The van der Waals surface area contributed by atoms with Gasteiger partial charge >= 0.3 is 11.8 Å². The van der Waals surface area contributed by atoms with Gasteiger partial charge in [-0.1, -0.05) is 41.9 Å². The van der Waals surface area contributed by atoms with Gasteiger partial charge in [0.1, 0.15) is 29.4 Å². The number of fused-ring (bicyclic) bond motifs is 3. The minimum absolute atomic E-state index is 0.0309. The van der Waals surface area contributed by atoms with E-state index in [-0.39, 0.29) is 29.7 Å². The molecule has 0 saturated carbocycles. The number of hydrogen-bond acceptors (Lipinski definition) is 7. The van der Waals surface area contributed by atoms with E-state index in [0.717, 1.165) is 31.2 Å². The number of nitrogens with zero attached hydrogens (tertiary/aromatic N) is 7. The lowest BCUT2D eigenvalue weighted by atomic mass is 9.95. The summed E-state index contributed by atoms with van der Waals surface area (Å²) in [5.74, 6) is -0.0339. The molecule has 220 valence electrons. The Bertz CT molecular complexity index is 1810. The predicted molar refractivity (Wildman–Crippen MR) is 161 cm³/mol. The summed E-state index contributed by atoms with van der Waals surface area (Å²) in [5, 5.41) is 11.8. The smallest absolute Gasteiger partial charge is 0.434 e. The van der Waals surface area contributed by atoms with Crippen molar-refractivity contribution in [1.29, 1.82) is 5.26 Å². The Kier molecular flexibility index (Phi) is 7.10. The SMILES string of the molecule is C[N+](=CC1CCN(C#N)C1)c1nc(OC[C@@]23CCCN2C[C@H](F)C3)nc2c(F)c(-c3cccc4cccc(Cl)c34)ncc12. The van der Waals surface area contributed by atoms with Crippen LogP contribution in [0.25, 0.3) is 32.9 Å². The maximum absolute atomic E-state index is 16.6. The summed E-state index contributed by atoms with van der Waals surface area (Å²) in [4.78, 5) is 17.7. The number of ether oxygens (including phenoxy) is 1. The lowest BCUT2D eigenvalue weighted by Gasteiger charge is -2.30. The molecule has 8 nitrogen and oxygen atoms in total. The minimum atomic E-state index is -0.893. The van der Waals surface area contributed by atoms with Gasteiger partial charge in [-0.05, 0) is 37.3 Å². The van der Waals surface area contributed by atoms with Crippen molar-refractivity contribution in [3.05, 3.63) is 53.4 Å². The molecule has 4 aromatic rings. The molecular formula is C32H31ClF2N7O+. The Morgan fingerprint density at radius 2 is 2.05 bits per heavy atom. The highest BCUT2D eigenvalue weighted by molar-refractivity contribution is 6.36. The molecule has 7 rings (SSSR count). The monoisotopic (exact) mass is 602 g/mol. The van der Waals surface area contributed by atoms with Crippen LogP contribution in [0, 0.1) is 23.2 Å². The van der Waals surface area contributed by atoms with Crippen molar-refractivity contribution in [2.45, 2.75) is 37.4 Å². The fourth-order valence-corrected chi connectivity index (χ4v) is 7.35. The summed E-state index contributed by atoms with van der Waals surface area (Å²) >= 11 is 6.57. The number of aromatic nitrogens is 3. The van der Waals surface area contributed by atoms with E-state index in [1.807, 2.05) is 42.1 Å². The minimum Gasteiger partial charge on any atom is -0.443 e. The summed E-state index contributed by atoms with van der Waals surface area (Å²) < 4.78 is 39.0. The highest BCUT2D eigenvalue weighted by Crippen LogP contribution is 2.41. The quantitative estimate of drug-likeness (QED) is 0.158. The summed E-state index contributed by atoms with van der Waals surface area (Å²) in [5.41, 5.74) is 0.371. The molecule has 0 amide bonds. The second-order valence-corrected chi connectivity index (χ2v) is 12.3. The van der Waals surface area contributed by atoms with Crippen LogP contribution in [0.5, 0.6) is 6.01 Å². The van der Waals surface area contributed by atoms with Crippen molar-refractivity contribution in [3.63, 3.8) is 0 Å². The van der Waals surface area contributed by atoms with Crippen molar-refractivity contribution < 1.29 is 18.1 Å². The molecule has 3 saturated heterocycles. The van der Waals surface area contributed by atoms with Crippen LogP contribution in [0.4, 0.5) is 14.6 Å². The van der Waals surface area contributed by atoms with Gasteiger partial charge in [-0.3, -0.25) is 9.88 Å². The third-order valence-electron chi connectivity index (χ3n) is 9.12. The third kappa shape index (κ3) is 4.94. The van der Waals surface area contributed by atoms with E-state index in [0.29, 0.717) is 53.2 Å². The van der Waals surface area contributed by atoms with Gasteiger partial charge in [0.05, 0.1) is 18.8 Å². The predicted octanol–water partition coefficient (Wildman–Crippen LogP) is 5.74. The second-order valence-electron chi connectivity index (χ2n) is 11.9. The average molecular weight is 603 g/mol. The molecule has 11 heteroatoms. The fourth-order valence-electron chi connectivity index (χ4n) is 7.07. The van der Waals surface area contributed by atoms with Crippen molar-refractivity contribution in [3.8, 4) is 23.5 Å². The van der Waals surface area contributed by atoms with E-state index in [9.17, 15) is 9.65 Å². The van der Waals surface area contributed by atoms with E-state index < -0.39 is 17.5 Å². The Labute approximate surface area is 253 Å². The van der Waals surface area contributed by atoms with Gasteiger partial charge in [-0.2, -0.15) is 10.2 Å². The normalized spacial score (nSPS) is 24.2. The van der Waals surface area contributed by atoms with Crippen LogP contribution in [0.3, 0.4) is 0 Å². The number of benzene rings is 2. The molecule has 2 aromatic heterocycles. The number of halogens is 3. The van der Waals surface area contributed by atoms with E-state index in [4.69, 9.17) is 21.3 Å². The number of nitriles is 1. The topological polar surface area (TPSA) is 81.2 Å². The van der Waals surface area contributed by atoms with Crippen molar-refractivity contribution in [2.75, 3.05) is 39.8 Å². The van der Waals surface area contributed by atoms with Crippen LogP contribution >= 0.6 is 11.6 Å². The Morgan fingerprint density at radius 1 is 1.21 bits per heavy atom. The van der Waals surface area contributed by atoms with Gasteiger partial charge in [-0.25, -0.2) is 13.4 Å². The average Bonchev–Trinajstić information content (AvgIpc) is 3.70. The lowest BCUT2D eigenvalue weighted by Crippen LogP contribution is -2.43. The molecule has 3 aliphatic heterocycles. The van der Waals surface area contributed by atoms with Gasteiger partial charge < -0.3 is 9.64 Å². The highest BCUT2D eigenvalue weighted by Gasteiger charge is 2.49.